The predicted molar refractivity (Wildman–Crippen MR) is 91.9 cm³/mol. The highest BCUT2D eigenvalue weighted by Crippen LogP contribution is 2.25. The number of carboxylic acids is 1. The molecule has 8 nitrogen and oxygen atoms in total. The van der Waals surface area contributed by atoms with Crippen molar-refractivity contribution in [1.29, 1.82) is 0 Å². The number of fused-ring (bicyclic) bond motifs is 1. The fraction of sp³-hybridized carbons (Fsp3) is 0.500. The second-order valence-electron chi connectivity index (χ2n) is 5.99. The number of nitrogens with zero attached hydrogens (tertiary/aromatic N) is 3. The lowest BCUT2D eigenvalue weighted by molar-refractivity contribution is -0.159. The maximum absolute atomic E-state index is 12.6. The molecule has 3 rings (SSSR count). The minimum absolute atomic E-state index is 0.0309. The highest BCUT2D eigenvalue weighted by Gasteiger charge is 2.28. The van der Waals surface area contributed by atoms with Gasteiger partial charge in [0.2, 0.25) is 5.91 Å². The summed E-state index contributed by atoms with van der Waals surface area (Å²) in [6, 6.07) is 0. The van der Waals surface area contributed by atoms with Crippen LogP contribution in [0.5, 0.6) is 0 Å². The van der Waals surface area contributed by atoms with Crippen molar-refractivity contribution in [3.8, 4) is 0 Å². The lowest BCUT2D eigenvalue weighted by atomic mass is 10.2. The molecule has 25 heavy (non-hydrogen) atoms. The predicted octanol–water partition coefficient (Wildman–Crippen LogP) is 0.777. The van der Waals surface area contributed by atoms with Gasteiger partial charge in [0, 0.05) is 24.4 Å². The van der Waals surface area contributed by atoms with Crippen LogP contribution in [0.4, 0.5) is 0 Å². The molecular weight excluding hydrogens is 346 g/mol. The van der Waals surface area contributed by atoms with E-state index in [9.17, 15) is 14.4 Å². The standard InChI is InChI=1S/C16H19N3O5S/c1-9-10(2)25-14-13(9)15(21)19(8-17-14)4-3-12(20)18-5-6-24-11(7-18)16(22)23/h8,11H,3-7H2,1-2H3,(H,22,23). The molecule has 1 aliphatic rings. The van der Waals surface area contributed by atoms with Crippen molar-refractivity contribution in [2.75, 3.05) is 19.7 Å². The molecule has 1 unspecified atom stereocenters. The Balaban J connectivity index is 1.71. The van der Waals surface area contributed by atoms with Gasteiger partial charge >= 0.3 is 5.97 Å². The van der Waals surface area contributed by atoms with Crippen molar-refractivity contribution in [3.63, 3.8) is 0 Å². The summed E-state index contributed by atoms with van der Waals surface area (Å²) in [5.74, 6) is -1.27. The smallest absolute Gasteiger partial charge is 0.334 e. The Bertz CT molecular complexity index is 888. The maximum atomic E-state index is 12.6. The molecule has 1 N–H and O–H groups in total. The second-order valence-corrected chi connectivity index (χ2v) is 7.20. The van der Waals surface area contributed by atoms with Gasteiger partial charge in [-0.15, -0.1) is 11.3 Å². The Hall–Kier alpha value is -2.26. The maximum Gasteiger partial charge on any atom is 0.334 e. The molecule has 0 bridgehead atoms. The summed E-state index contributed by atoms with van der Waals surface area (Å²) in [4.78, 5) is 43.5. The molecule has 1 aliphatic heterocycles. The normalized spacial score (nSPS) is 17.8. The molecule has 2 aromatic rings. The van der Waals surface area contributed by atoms with Gasteiger partial charge in [-0.1, -0.05) is 0 Å². The van der Waals surface area contributed by atoms with Crippen molar-refractivity contribution in [2.45, 2.75) is 32.9 Å². The largest absolute Gasteiger partial charge is 0.479 e. The first kappa shape index (κ1) is 17.6. The van der Waals surface area contributed by atoms with Gasteiger partial charge in [0.25, 0.3) is 5.56 Å². The van der Waals surface area contributed by atoms with Gasteiger partial charge in [-0.25, -0.2) is 9.78 Å². The molecule has 134 valence electrons. The fourth-order valence-electron chi connectivity index (χ4n) is 2.83. The number of aromatic nitrogens is 2. The summed E-state index contributed by atoms with van der Waals surface area (Å²) in [6.07, 6.45) is 0.587. The van der Waals surface area contributed by atoms with E-state index < -0.39 is 12.1 Å². The van der Waals surface area contributed by atoms with Gasteiger partial charge in [-0.2, -0.15) is 0 Å². The number of rotatable bonds is 4. The molecule has 3 heterocycles. The Morgan fingerprint density at radius 1 is 1.44 bits per heavy atom. The van der Waals surface area contributed by atoms with E-state index in [4.69, 9.17) is 9.84 Å². The molecule has 2 aromatic heterocycles. The number of carboxylic acid groups (broad SMARTS) is 1. The first-order chi connectivity index (χ1) is 11.9. The summed E-state index contributed by atoms with van der Waals surface area (Å²) in [7, 11) is 0. The van der Waals surface area contributed by atoms with Crippen LogP contribution >= 0.6 is 11.3 Å². The average molecular weight is 365 g/mol. The molecule has 1 atom stereocenters. The van der Waals surface area contributed by atoms with Gasteiger partial charge in [0.05, 0.1) is 24.9 Å². The first-order valence-electron chi connectivity index (χ1n) is 7.95. The van der Waals surface area contributed by atoms with Crippen LogP contribution in [0.2, 0.25) is 0 Å². The van der Waals surface area contributed by atoms with Gasteiger partial charge in [0.15, 0.2) is 6.10 Å². The van der Waals surface area contributed by atoms with E-state index in [-0.39, 0.29) is 37.6 Å². The minimum atomic E-state index is -1.08. The Morgan fingerprint density at radius 2 is 2.20 bits per heavy atom. The van der Waals surface area contributed by atoms with Crippen LogP contribution in [0.25, 0.3) is 10.2 Å². The Kier molecular flexibility index (Phi) is 4.87. The third-order valence-corrected chi connectivity index (χ3v) is 5.53. The van der Waals surface area contributed by atoms with Gasteiger partial charge < -0.3 is 14.7 Å². The van der Waals surface area contributed by atoms with Gasteiger partial charge in [-0.3, -0.25) is 14.2 Å². The van der Waals surface area contributed by atoms with Crippen LogP contribution in [0, 0.1) is 13.8 Å². The quantitative estimate of drug-likeness (QED) is 0.859. The third-order valence-electron chi connectivity index (χ3n) is 4.42. The highest BCUT2D eigenvalue weighted by atomic mass is 32.1. The molecule has 0 aromatic carbocycles. The van der Waals surface area contributed by atoms with E-state index in [1.54, 1.807) is 0 Å². The van der Waals surface area contributed by atoms with E-state index in [1.165, 1.54) is 27.1 Å². The summed E-state index contributed by atoms with van der Waals surface area (Å²) >= 11 is 1.48. The number of ether oxygens (including phenoxy) is 1. The summed E-state index contributed by atoms with van der Waals surface area (Å²) in [5.41, 5.74) is 0.778. The molecule has 0 saturated carbocycles. The minimum Gasteiger partial charge on any atom is -0.479 e. The summed E-state index contributed by atoms with van der Waals surface area (Å²) in [5, 5.41) is 9.60. The number of aryl methyl sites for hydroxylation is 3. The lowest BCUT2D eigenvalue weighted by Gasteiger charge is -2.31. The van der Waals surface area contributed by atoms with Crippen molar-refractivity contribution < 1.29 is 19.4 Å². The molecule has 9 heteroatoms. The topological polar surface area (TPSA) is 102 Å². The third kappa shape index (κ3) is 3.42. The SMILES string of the molecule is Cc1sc2ncn(CCC(=O)N3CCOC(C(=O)O)C3)c(=O)c2c1C. The monoisotopic (exact) mass is 365 g/mol. The number of aliphatic carboxylic acids is 1. The van der Waals surface area contributed by atoms with Crippen LogP contribution < -0.4 is 5.56 Å². The molecule has 0 aliphatic carbocycles. The Morgan fingerprint density at radius 3 is 2.92 bits per heavy atom. The van der Waals surface area contributed by atoms with E-state index >= 15 is 0 Å². The van der Waals surface area contributed by atoms with Crippen LogP contribution in [0.3, 0.4) is 0 Å². The highest BCUT2D eigenvalue weighted by molar-refractivity contribution is 7.18. The van der Waals surface area contributed by atoms with Crippen molar-refractivity contribution in [2.24, 2.45) is 0 Å². The van der Waals surface area contributed by atoms with Crippen LogP contribution in [-0.4, -0.2) is 57.2 Å². The number of hydrogen-bond donors (Lipinski definition) is 1. The number of carbonyl (C=O) groups excluding carboxylic acids is 1. The Labute approximate surface area is 147 Å². The molecule has 0 spiro atoms. The number of amides is 1. The van der Waals surface area contributed by atoms with Crippen LogP contribution in [-0.2, 0) is 20.9 Å². The fourth-order valence-corrected chi connectivity index (χ4v) is 3.82. The summed E-state index contributed by atoms with van der Waals surface area (Å²) < 4.78 is 6.55. The van der Waals surface area contributed by atoms with E-state index in [0.29, 0.717) is 16.8 Å². The molecule has 1 amide bonds. The lowest BCUT2D eigenvalue weighted by Crippen LogP contribution is -2.48. The number of carbonyl (C=O) groups is 2. The van der Waals surface area contributed by atoms with Gasteiger partial charge in [0.1, 0.15) is 4.83 Å². The zero-order valence-electron chi connectivity index (χ0n) is 14.0. The number of thiophene rings is 1. The average Bonchev–Trinajstić information content (AvgIpc) is 2.89. The van der Waals surface area contributed by atoms with Crippen LogP contribution in [0.15, 0.2) is 11.1 Å². The first-order valence-corrected chi connectivity index (χ1v) is 8.77. The van der Waals surface area contributed by atoms with Crippen molar-refractivity contribution in [1.82, 2.24) is 14.5 Å². The van der Waals surface area contributed by atoms with E-state index in [1.807, 2.05) is 13.8 Å². The van der Waals surface area contributed by atoms with Crippen LogP contribution in [0.1, 0.15) is 16.9 Å². The molecular formula is C16H19N3O5S. The second kappa shape index (κ2) is 6.93. The van der Waals surface area contributed by atoms with E-state index in [0.717, 1.165) is 10.4 Å². The summed E-state index contributed by atoms with van der Waals surface area (Å²) in [6.45, 7) is 4.65. The zero-order chi connectivity index (χ0) is 18.1. The molecule has 0 radical (unpaired) electrons. The van der Waals surface area contributed by atoms with Gasteiger partial charge in [-0.05, 0) is 19.4 Å². The molecule has 1 fully saturated rings. The zero-order valence-corrected chi connectivity index (χ0v) is 14.8. The van der Waals surface area contributed by atoms with E-state index in [2.05, 4.69) is 4.98 Å². The number of hydrogen-bond acceptors (Lipinski definition) is 6. The van der Waals surface area contributed by atoms with Crippen molar-refractivity contribution in [3.05, 3.63) is 27.1 Å². The molecule has 1 saturated heterocycles. The number of morpholine rings is 1. The van der Waals surface area contributed by atoms with Crippen molar-refractivity contribution >= 4 is 33.4 Å².